The second-order valence-electron chi connectivity index (χ2n) is 2.67. The van der Waals surface area contributed by atoms with Crippen LogP contribution in [0.4, 0.5) is 0 Å². The molecule has 0 spiro atoms. The van der Waals surface area contributed by atoms with E-state index in [-0.39, 0.29) is 19.3 Å². The molecular formula is C9H18N2O2. The fraction of sp³-hybridized carbons (Fsp3) is 0.556. The highest BCUT2D eigenvalue weighted by Gasteiger charge is 2.08. The Kier molecular flexibility index (Phi) is 7.53. The van der Waals surface area contributed by atoms with E-state index in [9.17, 15) is 0 Å². The molecule has 0 aromatic rings. The van der Waals surface area contributed by atoms with E-state index in [1.807, 2.05) is 5.01 Å². The molecule has 0 rings (SSSR count). The quantitative estimate of drug-likeness (QED) is 0.354. The van der Waals surface area contributed by atoms with Crippen LogP contribution in [0.5, 0.6) is 0 Å². The zero-order valence-corrected chi connectivity index (χ0v) is 7.82. The molecule has 0 atom stereocenters. The van der Waals surface area contributed by atoms with Crippen molar-refractivity contribution in [2.75, 3.05) is 26.3 Å². The molecule has 0 bridgehead atoms. The molecule has 3 N–H and O–H groups in total. The number of aliphatic hydroxyl groups is 2. The van der Waals surface area contributed by atoms with E-state index in [1.54, 1.807) is 12.2 Å². The Balaban J connectivity index is 3.89. The zero-order valence-electron chi connectivity index (χ0n) is 7.82. The second kappa shape index (κ2) is 7.94. The lowest BCUT2D eigenvalue weighted by molar-refractivity contribution is 0.101. The molecule has 0 aromatic heterocycles. The first-order valence-corrected chi connectivity index (χ1v) is 4.23. The van der Waals surface area contributed by atoms with Gasteiger partial charge in [0.1, 0.15) is 0 Å². The molecule has 4 nitrogen and oxygen atoms in total. The van der Waals surface area contributed by atoms with Crippen LogP contribution in [-0.2, 0) is 0 Å². The van der Waals surface area contributed by atoms with Crippen LogP contribution in [0.25, 0.3) is 0 Å². The number of hydrogen-bond acceptors (Lipinski definition) is 4. The first kappa shape index (κ1) is 12.3. The van der Waals surface area contributed by atoms with Crippen LogP contribution in [0.2, 0.25) is 0 Å². The monoisotopic (exact) mass is 186 g/mol. The summed E-state index contributed by atoms with van der Waals surface area (Å²) >= 11 is 0. The van der Waals surface area contributed by atoms with Gasteiger partial charge < -0.3 is 10.2 Å². The molecule has 0 heterocycles. The maximum atomic E-state index is 8.81. The van der Waals surface area contributed by atoms with Gasteiger partial charge >= 0.3 is 0 Å². The Morgan fingerprint density at radius 2 is 1.62 bits per heavy atom. The van der Waals surface area contributed by atoms with Gasteiger partial charge in [0.05, 0.1) is 19.3 Å². The average molecular weight is 186 g/mol. The minimum atomic E-state index is -0.320. The van der Waals surface area contributed by atoms with E-state index in [4.69, 9.17) is 10.2 Å². The topological polar surface area (TPSA) is 55.7 Å². The minimum absolute atomic E-state index is 0.0959. The molecule has 4 heteroatoms. The van der Waals surface area contributed by atoms with Crippen LogP contribution in [0.15, 0.2) is 25.3 Å². The highest BCUT2D eigenvalue weighted by Crippen LogP contribution is 1.88. The van der Waals surface area contributed by atoms with Crippen molar-refractivity contribution in [2.45, 2.75) is 6.04 Å². The third-order valence-electron chi connectivity index (χ3n) is 1.50. The van der Waals surface area contributed by atoms with Crippen LogP contribution in [0.3, 0.4) is 0 Å². The van der Waals surface area contributed by atoms with E-state index < -0.39 is 0 Å². The summed E-state index contributed by atoms with van der Waals surface area (Å²) in [5.41, 5.74) is 2.95. The van der Waals surface area contributed by atoms with Gasteiger partial charge in [-0.3, -0.25) is 0 Å². The van der Waals surface area contributed by atoms with Crippen molar-refractivity contribution in [2.24, 2.45) is 0 Å². The van der Waals surface area contributed by atoms with Crippen LogP contribution in [0, 0.1) is 0 Å². The molecule has 0 aliphatic carbocycles. The van der Waals surface area contributed by atoms with Crippen molar-refractivity contribution in [1.29, 1.82) is 0 Å². The van der Waals surface area contributed by atoms with Gasteiger partial charge in [-0.2, -0.15) is 0 Å². The fourth-order valence-corrected chi connectivity index (χ4v) is 0.889. The molecule has 0 saturated carbocycles. The summed E-state index contributed by atoms with van der Waals surface area (Å²) in [7, 11) is 0. The summed E-state index contributed by atoms with van der Waals surface area (Å²) in [6.45, 7) is 8.29. The van der Waals surface area contributed by atoms with Crippen molar-refractivity contribution < 1.29 is 10.2 Å². The van der Waals surface area contributed by atoms with Gasteiger partial charge in [-0.25, -0.2) is 10.4 Å². The molecule has 0 aliphatic rings. The summed E-state index contributed by atoms with van der Waals surface area (Å²) in [5, 5.41) is 19.4. The molecule has 0 unspecified atom stereocenters. The molecule has 0 amide bonds. The van der Waals surface area contributed by atoms with Crippen molar-refractivity contribution in [1.82, 2.24) is 10.4 Å². The molecule has 0 aliphatic heterocycles. The van der Waals surface area contributed by atoms with E-state index in [0.29, 0.717) is 13.1 Å². The Morgan fingerprint density at radius 3 is 1.92 bits per heavy atom. The van der Waals surface area contributed by atoms with Crippen molar-refractivity contribution >= 4 is 0 Å². The molecule has 0 aromatic carbocycles. The van der Waals surface area contributed by atoms with Gasteiger partial charge in [0.2, 0.25) is 0 Å². The van der Waals surface area contributed by atoms with E-state index in [1.165, 1.54) is 0 Å². The Hall–Kier alpha value is -0.680. The van der Waals surface area contributed by atoms with Gasteiger partial charge in [-0.15, -0.1) is 13.2 Å². The van der Waals surface area contributed by atoms with Crippen molar-refractivity contribution in [3.63, 3.8) is 0 Å². The third kappa shape index (κ3) is 5.54. The molecule has 76 valence electrons. The predicted molar refractivity (Wildman–Crippen MR) is 53.1 cm³/mol. The second-order valence-corrected chi connectivity index (χ2v) is 2.67. The Morgan fingerprint density at radius 1 is 1.15 bits per heavy atom. The zero-order chi connectivity index (χ0) is 10.1. The van der Waals surface area contributed by atoms with E-state index >= 15 is 0 Å². The van der Waals surface area contributed by atoms with Crippen LogP contribution < -0.4 is 5.43 Å². The number of nitrogens with one attached hydrogen (secondary N) is 1. The van der Waals surface area contributed by atoms with Crippen molar-refractivity contribution in [3.8, 4) is 0 Å². The van der Waals surface area contributed by atoms with Gasteiger partial charge in [0.25, 0.3) is 0 Å². The number of hydrogen-bond donors (Lipinski definition) is 3. The first-order chi connectivity index (χ1) is 6.28. The van der Waals surface area contributed by atoms with E-state index in [0.717, 1.165) is 0 Å². The summed E-state index contributed by atoms with van der Waals surface area (Å²) in [6.07, 6.45) is 3.48. The lowest BCUT2D eigenvalue weighted by Gasteiger charge is -2.24. The lowest BCUT2D eigenvalue weighted by atomic mass is 10.3. The summed E-state index contributed by atoms with van der Waals surface area (Å²) < 4.78 is 0. The maximum Gasteiger partial charge on any atom is 0.0677 e. The molecule has 0 fully saturated rings. The SMILES string of the molecule is C=CCN(CC=C)NC(CO)CO. The largest absolute Gasteiger partial charge is 0.395 e. The average Bonchev–Trinajstić information content (AvgIpc) is 2.14. The minimum Gasteiger partial charge on any atom is -0.395 e. The third-order valence-corrected chi connectivity index (χ3v) is 1.50. The van der Waals surface area contributed by atoms with Crippen LogP contribution in [0.1, 0.15) is 0 Å². The normalized spacial score (nSPS) is 10.8. The van der Waals surface area contributed by atoms with Crippen LogP contribution in [-0.4, -0.2) is 47.6 Å². The number of hydrazine groups is 1. The highest BCUT2D eigenvalue weighted by molar-refractivity contribution is 4.79. The van der Waals surface area contributed by atoms with Gasteiger partial charge in [-0.1, -0.05) is 12.2 Å². The van der Waals surface area contributed by atoms with E-state index in [2.05, 4.69) is 18.6 Å². The standard InChI is InChI=1S/C9H18N2O2/c1-3-5-11(6-4-2)10-9(7-12)8-13/h3-4,9-10,12-13H,1-2,5-8H2. The molecule has 13 heavy (non-hydrogen) atoms. The maximum absolute atomic E-state index is 8.81. The summed E-state index contributed by atoms with van der Waals surface area (Å²) in [4.78, 5) is 0. The number of aliphatic hydroxyl groups excluding tert-OH is 2. The lowest BCUT2D eigenvalue weighted by Crippen LogP contribution is -2.48. The Labute approximate surface area is 79.1 Å². The fourth-order valence-electron chi connectivity index (χ4n) is 0.889. The Bertz CT molecular complexity index is 137. The summed E-state index contributed by atoms with van der Waals surface area (Å²) in [5.74, 6) is 0. The first-order valence-electron chi connectivity index (χ1n) is 4.23. The van der Waals surface area contributed by atoms with Gasteiger partial charge in [0, 0.05) is 13.1 Å². The molecular weight excluding hydrogens is 168 g/mol. The van der Waals surface area contributed by atoms with Crippen LogP contribution >= 0.6 is 0 Å². The van der Waals surface area contributed by atoms with Gasteiger partial charge in [0.15, 0.2) is 0 Å². The smallest absolute Gasteiger partial charge is 0.0677 e. The predicted octanol–water partition coefficient (Wildman–Crippen LogP) is -0.482. The van der Waals surface area contributed by atoms with Crippen molar-refractivity contribution in [3.05, 3.63) is 25.3 Å². The summed E-state index contributed by atoms with van der Waals surface area (Å²) in [6, 6.07) is -0.320. The number of rotatable bonds is 8. The number of nitrogens with zero attached hydrogens (tertiary/aromatic N) is 1. The highest BCUT2D eigenvalue weighted by atomic mass is 16.3. The van der Waals surface area contributed by atoms with Gasteiger partial charge in [-0.05, 0) is 0 Å². The molecule has 0 radical (unpaired) electrons. The molecule has 0 saturated heterocycles.